The third kappa shape index (κ3) is 1.38. The van der Waals surface area contributed by atoms with Crippen LogP contribution in [0.3, 0.4) is 0 Å². The lowest BCUT2D eigenvalue weighted by atomic mass is 9.89. The quantitative estimate of drug-likeness (QED) is 0.733. The SMILES string of the molecule is CCS(=O)(=O)N1C2CCC1C(CN)C2. The molecule has 0 aromatic heterocycles. The number of sulfonamides is 1. The molecule has 4 nitrogen and oxygen atoms in total. The number of nitrogens with zero attached hydrogens (tertiary/aromatic N) is 1. The highest BCUT2D eigenvalue weighted by Gasteiger charge is 2.50. The molecule has 0 aromatic carbocycles. The Bertz CT molecular complexity index is 315. The summed E-state index contributed by atoms with van der Waals surface area (Å²) in [6, 6.07) is 0.452. The molecule has 0 amide bonds. The molecule has 2 aliphatic heterocycles. The summed E-state index contributed by atoms with van der Waals surface area (Å²) in [7, 11) is -3.00. The number of hydrogen-bond acceptors (Lipinski definition) is 3. The molecule has 2 fully saturated rings. The van der Waals surface area contributed by atoms with Crippen LogP contribution in [0.4, 0.5) is 0 Å². The van der Waals surface area contributed by atoms with Gasteiger partial charge in [0.1, 0.15) is 0 Å². The second-order valence-electron chi connectivity index (χ2n) is 4.26. The van der Waals surface area contributed by atoms with Gasteiger partial charge < -0.3 is 5.73 Å². The molecule has 2 N–H and O–H groups in total. The van der Waals surface area contributed by atoms with Crippen molar-refractivity contribution in [3.05, 3.63) is 0 Å². The maximum Gasteiger partial charge on any atom is 0.214 e. The minimum atomic E-state index is -3.00. The van der Waals surface area contributed by atoms with Crippen LogP contribution in [0.1, 0.15) is 26.2 Å². The smallest absolute Gasteiger partial charge is 0.214 e. The van der Waals surface area contributed by atoms with Crippen LogP contribution in [-0.2, 0) is 10.0 Å². The first-order valence-corrected chi connectivity index (χ1v) is 6.92. The predicted molar refractivity (Wildman–Crippen MR) is 55.3 cm³/mol. The molecule has 5 heteroatoms. The Kier molecular flexibility index (Phi) is 2.57. The monoisotopic (exact) mass is 218 g/mol. The molecular weight excluding hydrogens is 200 g/mol. The molecule has 2 bridgehead atoms. The topological polar surface area (TPSA) is 63.4 Å². The molecule has 3 atom stereocenters. The van der Waals surface area contributed by atoms with Crippen LogP contribution in [-0.4, -0.2) is 37.1 Å². The molecule has 0 saturated carbocycles. The van der Waals surface area contributed by atoms with Crippen molar-refractivity contribution in [1.29, 1.82) is 0 Å². The van der Waals surface area contributed by atoms with Gasteiger partial charge in [-0.3, -0.25) is 0 Å². The fourth-order valence-electron chi connectivity index (χ4n) is 2.90. The highest BCUT2D eigenvalue weighted by Crippen LogP contribution is 2.42. The second kappa shape index (κ2) is 3.47. The fraction of sp³-hybridized carbons (Fsp3) is 1.00. The van der Waals surface area contributed by atoms with Gasteiger partial charge in [0, 0.05) is 12.1 Å². The van der Waals surface area contributed by atoms with Gasteiger partial charge in [0.15, 0.2) is 0 Å². The maximum atomic E-state index is 11.8. The highest BCUT2D eigenvalue weighted by atomic mass is 32.2. The van der Waals surface area contributed by atoms with Crippen molar-refractivity contribution in [3.63, 3.8) is 0 Å². The summed E-state index contributed by atoms with van der Waals surface area (Å²) in [4.78, 5) is 0. The van der Waals surface area contributed by atoms with Crippen molar-refractivity contribution in [3.8, 4) is 0 Å². The lowest BCUT2D eigenvalue weighted by Gasteiger charge is -2.22. The van der Waals surface area contributed by atoms with Gasteiger partial charge in [0.25, 0.3) is 0 Å². The van der Waals surface area contributed by atoms with Crippen molar-refractivity contribution in [1.82, 2.24) is 4.31 Å². The Morgan fingerprint density at radius 3 is 2.64 bits per heavy atom. The van der Waals surface area contributed by atoms with Gasteiger partial charge in [-0.2, -0.15) is 4.31 Å². The summed E-state index contributed by atoms with van der Waals surface area (Å²) < 4.78 is 25.4. The van der Waals surface area contributed by atoms with E-state index in [1.807, 2.05) is 0 Å². The molecule has 82 valence electrons. The zero-order valence-corrected chi connectivity index (χ0v) is 9.33. The molecule has 2 heterocycles. The minimum absolute atomic E-state index is 0.204. The van der Waals surface area contributed by atoms with E-state index >= 15 is 0 Å². The van der Waals surface area contributed by atoms with Crippen molar-refractivity contribution in [2.45, 2.75) is 38.3 Å². The lowest BCUT2D eigenvalue weighted by Crippen LogP contribution is -2.38. The first-order valence-electron chi connectivity index (χ1n) is 5.31. The van der Waals surface area contributed by atoms with Crippen LogP contribution in [0.15, 0.2) is 0 Å². The van der Waals surface area contributed by atoms with Crippen molar-refractivity contribution in [2.75, 3.05) is 12.3 Å². The molecule has 0 radical (unpaired) electrons. The van der Waals surface area contributed by atoms with E-state index in [4.69, 9.17) is 5.73 Å². The van der Waals surface area contributed by atoms with E-state index < -0.39 is 10.0 Å². The third-order valence-electron chi connectivity index (χ3n) is 3.59. The summed E-state index contributed by atoms with van der Waals surface area (Å²) in [5.41, 5.74) is 5.65. The largest absolute Gasteiger partial charge is 0.330 e. The standard InChI is InChI=1S/C9H18N2O2S/c1-2-14(12,13)11-8-3-4-9(11)7(5-8)6-10/h7-9H,2-6,10H2,1H3. The summed E-state index contributed by atoms with van der Waals surface area (Å²) >= 11 is 0. The van der Waals surface area contributed by atoms with Crippen LogP contribution >= 0.6 is 0 Å². The Morgan fingerprint density at radius 2 is 2.14 bits per heavy atom. The number of nitrogens with two attached hydrogens (primary N) is 1. The molecule has 14 heavy (non-hydrogen) atoms. The number of fused-ring (bicyclic) bond motifs is 2. The van der Waals surface area contributed by atoms with Gasteiger partial charge in [-0.05, 0) is 38.6 Å². The average Bonchev–Trinajstić information content (AvgIpc) is 2.74. The lowest BCUT2D eigenvalue weighted by molar-refractivity contribution is 0.361. The summed E-state index contributed by atoms with van der Waals surface area (Å²) in [5.74, 6) is 0.618. The highest BCUT2D eigenvalue weighted by molar-refractivity contribution is 7.89. The molecule has 2 rings (SSSR count). The summed E-state index contributed by atoms with van der Waals surface area (Å²) in [5, 5.41) is 0. The molecular formula is C9H18N2O2S. The van der Waals surface area contributed by atoms with Crippen molar-refractivity contribution < 1.29 is 8.42 Å². The normalized spacial score (nSPS) is 38.0. The van der Waals surface area contributed by atoms with Crippen LogP contribution in [0.2, 0.25) is 0 Å². The van der Waals surface area contributed by atoms with Crippen LogP contribution in [0.25, 0.3) is 0 Å². The van der Waals surface area contributed by atoms with Crippen LogP contribution in [0, 0.1) is 5.92 Å². The van der Waals surface area contributed by atoms with E-state index in [1.54, 1.807) is 11.2 Å². The van der Waals surface area contributed by atoms with Crippen molar-refractivity contribution >= 4 is 10.0 Å². The number of rotatable bonds is 3. The first-order chi connectivity index (χ1) is 6.60. The molecule has 0 aliphatic carbocycles. The fourth-order valence-corrected chi connectivity index (χ4v) is 4.53. The first kappa shape index (κ1) is 10.4. The van der Waals surface area contributed by atoms with Crippen LogP contribution < -0.4 is 5.73 Å². The molecule has 0 spiro atoms. The summed E-state index contributed by atoms with van der Waals surface area (Å²) in [6.45, 7) is 2.33. The molecule has 2 aliphatic rings. The van der Waals surface area contributed by atoms with E-state index in [-0.39, 0.29) is 17.8 Å². The van der Waals surface area contributed by atoms with Crippen LogP contribution in [0.5, 0.6) is 0 Å². The Balaban J connectivity index is 2.24. The van der Waals surface area contributed by atoms with E-state index in [9.17, 15) is 8.42 Å². The summed E-state index contributed by atoms with van der Waals surface area (Å²) in [6.07, 6.45) is 3.01. The van der Waals surface area contributed by atoms with Gasteiger partial charge >= 0.3 is 0 Å². The second-order valence-corrected chi connectivity index (χ2v) is 6.42. The molecule has 0 aromatic rings. The zero-order valence-electron chi connectivity index (χ0n) is 8.52. The average molecular weight is 218 g/mol. The Labute approximate surface area is 85.5 Å². The number of hydrogen-bond donors (Lipinski definition) is 1. The maximum absolute atomic E-state index is 11.8. The van der Waals surface area contributed by atoms with E-state index in [2.05, 4.69) is 0 Å². The Hall–Kier alpha value is -0.130. The van der Waals surface area contributed by atoms with E-state index in [0.29, 0.717) is 12.5 Å². The van der Waals surface area contributed by atoms with Gasteiger partial charge in [-0.15, -0.1) is 0 Å². The Morgan fingerprint density at radius 1 is 1.43 bits per heavy atom. The van der Waals surface area contributed by atoms with Gasteiger partial charge in [-0.25, -0.2) is 8.42 Å². The third-order valence-corrected chi connectivity index (χ3v) is 5.53. The van der Waals surface area contributed by atoms with Gasteiger partial charge in [0.2, 0.25) is 10.0 Å². The van der Waals surface area contributed by atoms with E-state index in [0.717, 1.165) is 19.3 Å². The zero-order chi connectivity index (χ0) is 10.3. The molecule has 3 unspecified atom stereocenters. The van der Waals surface area contributed by atoms with Gasteiger partial charge in [0.05, 0.1) is 5.75 Å². The van der Waals surface area contributed by atoms with Gasteiger partial charge in [-0.1, -0.05) is 0 Å². The van der Waals surface area contributed by atoms with Crippen molar-refractivity contribution in [2.24, 2.45) is 11.7 Å². The minimum Gasteiger partial charge on any atom is -0.330 e. The predicted octanol–water partition coefficient (Wildman–Crippen LogP) is 0.148. The molecule has 2 saturated heterocycles. The van der Waals surface area contributed by atoms with E-state index in [1.165, 1.54) is 0 Å².